The summed E-state index contributed by atoms with van der Waals surface area (Å²) in [5.74, 6) is -0.147. The molecule has 1 aliphatic heterocycles. The molecule has 0 saturated carbocycles. The molecule has 0 unspecified atom stereocenters. The van der Waals surface area contributed by atoms with Crippen molar-refractivity contribution in [3.63, 3.8) is 0 Å². The molecular weight excluding hydrogens is 412 g/mol. The van der Waals surface area contributed by atoms with Crippen molar-refractivity contribution >= 4 is 34.7 Å². The van der Waals surface area contributed by atoms with Crippen molar-refractivity contribution in [3.05, 3.63) is 0 Å². The van der Waals surface area contributed by atoms with Crippen LogP contribution in [0.5, 0.6) is 0 Å². The van der Waals surface area contributed by atoms with Gasteiger partial charge in [-0.25, -0.2) is 3.11 Å². The lowest BCUT2D eigenvalue weighted by molar-refractivity contribution is -1.92. The number of imide groups is 1. The Morgan fingerprint density at radius 3 is 1.54 bits per heavy atom. The van der Waals surface area contributed by atoms with Crippen LogP contribution in [0, 0.1) is 0 Å². The Morgan fingerprint density at radius 2 is 1.46 bits per heavy atom. The van der Waals surface area contributed by atoms with Crippen LogP contribution >= 0.6 is 22.9 Å². The molecule has 1 rings (SSSR count). The van der Waals surface area contributed by atoms with Crippen molar-refractivity contribution in [2.45, 2.75) is 12.8 Å². The van der Waals surface area contributed by atoms with Gasteiger partial charge in [-0.2, -0.15) is 0 Å². The van der Waals surface area contributed by atoms with Gasteiger partial charge in [0.2, 0.25) is 11.8 Å². The molecule has 0 aromatic rings. The molecule has 1 N–H and O–H groups in total. The molecule has 13 heavy (non-hydrogen) atoms. The van der Waals surface area contributed by atoms with Crippen molar-refractivity contribution in [1.82, 2.24) is 3.11 Å². The topological polar surface area (TPSA) is 127 Å². The zero-order valence-corrected chi connectivity index (χ0v) is 10.4. The molecular formula is C4H5I2NO6. The number of nitrogens with zero attached hydrogens (tertiary/aromatic N) is 1. The van der Waals surface area contributed by atoms with Crippen molar-refractivity contribution in [3.8, 4) is 0 Å². The number of amides is 2. The predicted molar refractivity (Wildman–Crippen MR) is 37.3 cm³/mol. The molecule has 76 valence electrons. The first-order chi connectivity index (χ1) is 5.72. The van der Waals surface area contributed by atoms with E-state index in [0.29, 0.717) is 12.8 Å². The lowest BCUT2D eigenvalue weighted by Crippen LogP contribution is -4.23. The second-order valence-electron chi connectivity index (χ2n) is 1.96. The summed E-state index contributed by atoms with van der Waals surface area (Å²) in [5.41, 5.74) is 0. The third-order valence-corrected chi connectivity index (χ3v) is 2.07. The SMILES string of the molecule is O=C1CCC(=O)N1I.[O-][I+3]([O-])([O-])O. The fraction of sp³-hybridized carbons (Fsp3) is 0.500. The smallest absolute Gasteiger partial charge is 0.274 e. The van der Waals surface area contributed by atoms with Gasteiger partial charge in [0.05, 0.1) is 22.9 Å². The van der Waals surface area contributed by atoms with Gasteiger partial charge in [-0.05, 0) is 0 Å². The number of hydrogen-bond acceptors (Lipinski definition) is 6. The van der Waals surface area contributed by atoms with Crippen molar-refractivity contribution in [2.75, 3.05) is 0 Å². The average molecular weight is 417 g/mol. The van der Waals surface area contributed by atoms with Crippen molar-refractivity contribution in [1.29, 1.82) is 0 Å². The number of rotatable bonds is 0. The summed E-state index contributed by atoms with van der Waals surface area (Å²) in [6.45, 7) is 0. The standard InChI is InChI=1S/C4H4INO2.HIO4/c5-6-3(7)1-2-4(6)8;2-1(3,4)5/h1-2H2;2H. The highest BCUT2D eigenvalue weighted by molar-refractivity contribution is 14.1. The zero-order chi connectivity index (χ0) is 10.6. The van der Waals surface area contributed by atoms with E-state index in [1.54, 1.807) is 22.9 Å². The Bertz CT molecular complexity index is 191. The lowest BCUT2D eigenvalue weighted by Gasteiger charge is -1.97. The number of carbonyl (C=O) groups is 2. The maximum atomic E-state index is 10.5. The Labute approximate surface area is 93.6 Å². The summed E-state index contributed by atoms with van der Waals surface area (Å²) in [6.07, 6.45) is 0.781. The Kier molecular flexibility index (Phi) is 5.53. The summed E-state index contributed by atoms with van der Waals surface area (Å²) in [7, 11) is 0. The van der Waals surface area contributed by atoms with Gasteiger partial charge < -0.3 is 0 Å². The fourth-order valence-electron chi connectivity index (χ4n) is 0.549. The molecule has 0 radical (unpaired) electrons. The quantitative estimate of drug-likeness (QED) is 0.237. The number of halogens is 2. The zero-order valence-electron chi connectivity index (χ0n) is 6.11. The van der Waals surface area contributed by atoms with Crippen molar-refractivity contribution < 1.29 is 43.4 Å². The Morgan fingerprint density at radius 1 is 1.23 bits per heavy atom. The first-order valence-corrected chi connectivity index (χ1v) is 7.44. The van der Waals surface area contributed by atoms with Crippen LogP contribution in [-0.2, 0) is 9.59 Å². The van der Waals surface area contributed by atoms with Crippen LogP contribution in [0.2, 0.25) is 0 Å². The highest BCUT2D eigenvalue weighted by Gasteiger charge is 2.26. The van der Waals surface area contributed by atoms with Gasteiger partial charge in [0, 0.05) is 16.3 Å². The Hall–Kier alpha value is 0.440. The molecule has 1 aliphatic rings. The summed E-state index contributed by atoms with van der Waals surface area (Å²) >= 11 is -3.97. The predicted octanol–water partition coefficient (Wildman–Crippen LogP) is -6.63. The molecule has 2 amide bonds. The summed E-state index contributed by atoms with van der Waals surface area (Å²) < 4.78 is 34.4. The summed E-state index contributed by atoms with van der Waals surface area (Å²) in [4.78, 5) is 21.0. The van der Waals surface area contributed by atoms with Crippen LogP contribution in [-0.4, -0.2) is 18.4 Å². The highest BCUT2D eigenvalue weighted by atomic mass is 127. The lowest BCUT2D eigenvalue weighted by atomic mass is 10.4. The van der Waals surface area contributed by atoms with E-state index in [2.05, 4.69) is 0 Å². The van der Waals surface area contributed by atoms with E-state index < -0.39 is 20.1 Å². The minimum atomic E-state index is -5.69. The van der Waals surface area contributed by atoms with E-state index in [-0.39, 0.29) is 11.8 Å². The summed E-state index contributed by atoms with van der Waals surface area (Å²) in [6, 6.07) is 0. The number of carbonyl (C=O) groups excluding carboxylic acids is 2. The van der Waals surface area contributed by atoms with Gasteiger partial charge in [0.15, 0.2) is 0 Å². The average Bonchev–Trinajstić information content (AvgIpc) is 2.16. The van der Waals surface area contributed by atoms with Gasteiger partial charge in [-0.15, -0.1) is 0 Å². The monoisotopic (exact) mass is 417 g/mol. The second-order valence-corrected chi connectivity index (χ2v) is 5.19. The minimum absolute atomic E-state index is 0.0735. The molecule has 0 bridgehead atoms. The molecule has 0 aliphatic carbocycles. The minimum Gasteiger partial charge on any atom is -0.274 e. The molecule has 0 spiro atoms. The Balaban J connectivity index is 0.000000252. The third-order valence-electron chi connectivity index (χ3n) is 0.991. The van der Waals surface area contributed by atoms with Crippen LogP contribution in [0.15, 0.2) is 0 Å². The molecule has 0 aromatic carbocycles. The first-order valence-electron chi connectivity index (χ1n) is 2.86. The van der Waals surface area contributed by atoms with Gasteiger partial charge in [0.25, 0.3) is 0 Å². The van der Waals surface area contributed by atoms with Crippen LogP contribution in [0.1, 0.15) is 12.8 Å². The van der Waals surface area contributed by atoms with Crippen LogP contribution in [0.25, 0.3) is 0 Å². The maximum absolute atomic E-state index is 10.5. The molecule has 1 saturated heterocycles. The summed E-state index contributed by atoms with van der Waals surface area (Å²) in [5, 5.41) is 0. The van der Waals surface area contributed by atoms with E-state index in [1.165, 1.54) is 0 Å². The van der Waals surface area contributed by atoms with Crippen molar-refractivity contribution in [2.24, 2.45) is 0 Å². The van der Waals surface area contributed by atoms with E-state index >= 15 is 0 Å². The fourth-order valence-corrected chi connectivity index (χ4v) is 1.03. The van der Waals surface area contributed by atoms with Crippen LogP contribution in [0.4, 0.5) is 0 Å². The van der Waals surface area contributed by atoms with Gasteiger partial charge in [0.1, 0.15) is 0 Å². The molecule has 1 heterocycles. The third kappa shape index (κ3) is 7.51. The molecule has 9 heteroatoms. The molecule has 7 nitrogen and oxygen atoms in total. The van der Waals surface area contributed by atoms with Crippen LogP contribution in [0.3, 0.4) is 0 Å². The molecule has 0 atom stereocenters. The van der Waals surface area contributed by atoms with E-state index in [4.69, 9.17) is 13.7 Å². The molecule has 1 fully saturated rings. The highest BCUT2D eigenvalue weighted by Crippen LogP contribution is 2.15. The number of hydrogen-bond donors (Lipinski definition) is 1. The van der Waals surface area contributed by atoms with Gasteiger partial charge in [-0.3, -0.25) is 19.9 Å². The van der Waals surface area contributed by atoms with E-state index in [9.17, 15) is 9.59 Å². The first kappa shape index (κ1) is 13.4. The van der Waals surface area contributed by atoms with E-state index in [1.807, 2.05) is 0 Å². The van der Waals surface area contributed by atoms with Gasteiger partial charge in [-0.1, -0.05) is 0 Å². The van der Waals surface area contributed by atoms with E-state index in [0.717, 1.165) is 3.11 Å². The van der Waals surface area contributed by atoms with Crippen LogP contribution < -0.4 is 30.4 Å². The second kappa shape index (κ2) is 5.35. The maximum Gasteiger partial charge on any atom is 0.368 e. The normalized spacial score (nSPS) is 17.2. The largest absolute Gasteiger partial charge is 0.368 e. The van der Waals surface area contributed by atoms with Gasteiger partial charge >= 0.3 is 20.1 Å². The molecule has 0 aromatic heterocycles.